The first-order valence-corrected chi connectivity index (χ1v) is 7.63. The molecule has 0 saturated heterocycles. The van der Waals surface area contributed by atoms with Crippen LogP contribution in [-0.4, -0.2) is 0 Å². The van der Waals surface area contributed by atoms with Crippen LogP contribution >= 0.6 is 0 Å². The molecule has 1 nitrogen and oxygen atoms in total. The molecule has 0 aliphatic heterocycles. The number of hydrogen-bond acceptors (Lipinski definition) is 1. The minimum atomic E-state index is 0.288. The van der Waals surface area contributed by atoms with Crippen LogP contribution in [0.1, 0.15) is 55.8 Å². The van der Waals surface area contributed by atoms with Crippen LogP contribution in [0, 0.1) is 17.8 Å². The van der Waals surface area contributed by atoms with Gasteiger partial charge in [-0.3, -0.25) is 0 Å². The Kier molecular flexibility index (Phi) is 3.19. The summed E-state index contributed by atoms with van der Waals surface area (Å²) in [4.78, 5) is 0. The normalized spacial score (nSPS) is 31.2. The van der Waals surface area contributed by atoms with Crippen molar-refractivity contribution in [3.63, 3.8) is 0 Å². The molecule has 18 heavy (non-hydrogen) atoms. The highest BCUT2D eigenvalue weighted by molar-refractivity contribution is 5.35. The van der Waals surface area contributed by atoms with Crippen LogP contribution in [0.4, 0.5) is 0 Å². The van der Waals surface area contributed by atoms with Gasteiger partial charge in [0.2, 0.25) is 0 Å². The standard InChI is InChI=1S/C17H25N/c1-3-11-8-9-13(10-12(11)4-2)17(18)16-14-6-5-7-15(14)16/h8-10,14-17H,3-7,18H2,1-2H3. The van der Waals surface area contributed by atoms with E-state index in [0.29, 0.717) is 0 Å². The summed E-state index contributed by atoms with van der Waals surface area (Å²) in [7, 11) is 0. The van der Waals surface area contributed by atoms with E-state index in [1.807, 2.05) is 0 Å². The first-order chi connectivity index (χ1) is 8.76. The van der Waals surface area contributed by atoms with Gasteiger partial charge in [-0.25, -0.2) is 0 Å². The molecule has 0 bridgehead atoms. The number of aryl methyl sites for hydroxylation is 2. The fraction of sp³-hybridized carbons (Fsp3) is 0.647. The zero-order chi connectivity index (χ0) is 12.7. The Balaban J connectivity index is 1.79. The summed E-state index contributed by atoms with van der Waals surface area (Å²) in [5, 5.41) is 0. The second kappa shape index (κ2) is 4.70. The van der Waals surface area contributed by atoms with Crippen LogP contribution in [0.25, 0.3) is 0 Å². The molecule has 0 heterocycles. The number of hydrogen-bond donors (Lipinski definition) is 1. The fourth-order valence-corrected chi connectivity index (χ4v) is 4.16. The van der Waals surface area contributed by atoms with Crippen molar-refractivity contribution < 1.29 is 0 Å². The van der Waals surface area contributed by atoms with E-state index in [1.54, 1.807) is 0 Å². The van der Waals surface area contributed by atoms with Gasteiger partial charge in [0.1, 0.15) is 0 Å². The second-order valence-electron chi connectivity index (χ2n) is 6.10. The summed E-state index contributed by atoms with van der Waals surface area (Å²) in [6.07, 6.45) is 6.55. The highest BCUT2D eigenvalue weighted by Crippen LogP contribution is 2.61. The average Bonchev–Trinajstić information content (AvgIpc) is 2.89. The second-order valence-corrected chi connectivity index (χ2v) is 6.10. The molecular formula is C17H25N. The molecule has 3 unspecified atom stereocenters. The lowest BCUT2D eigenvalue weighted by Gasteiger charge is -2.16. The molecule has 98 valence electrons. The third-order valence-corrected chi connectivity index (χ3v) is 5.26. The van der Waals surface area contributed by atoms with Crippen LogP contribution in [-0.2, 0) is 12.8 Å². The minimum Gasteiger partial charge on any atom is -0.324 e. The average molecular weight is 243 g/mol. The van der Waals surface area contributed by atoms with Crippen molar-refractivity contribution in [3.8, 4) is 0 Å². The molecule has 0 amide bonds. The van der Waals surface area contributed by atoms with Gasteiger partial charge >= 0.3 is 0 Å². The van der Waals surface area contributed by atoms with E-state index in [9.17, 15) is 0 Å². The summed E-state index contributed by atoms with van der Waals surface area (Å²) in [6.45, 7) is 4.48. The topological polar surface area (TPSA) is 26.0 Å². The SMILES string of the molecule is CCc1ccc(C(N)C2C3CCCC32)cc1CC. The molecule has 2 aliphatic carbocycles. The van der Waals surface area contributed by atoms with E-state index in [1.165, 1.54) is 36.0 Å². The maximum atomic E-state index is 6.51. The molecule has 2 fully saturated rings. The van der Waals surface area contributed by atoms with Crippen molar-refractivity contribution in [3.05, 3.63) is 34.9 Å². The van der Waals surface area contributed by atoms with Gasteiger partial charge in [0.15, 0.2) is 0 Å². The van der Waals surface area contributed by atoms with Gasteiger partial charge in [-0.1, -0.05) is 38.5 Å². The molecule has 0 radical (unpaired) electrons. The maximum absolute atomic E-state index is 6.51. The van der Waals surface area contributed by atoms with Crippen molar-refractivity contribution in [2.24, 2.45) is 23.5 Å². The fourth-order valence-electron chi connectivity index (χ4n) is 4.16. The zero-order valence-corrected chi connectivity index (χ0v) is 11.7. The van der Waals surface area contributed by atoms with Crippen LogP contribution in [0.3, 0.4) is 0 Å². The van der Waals surface area contributed by atoms with Gasteiger partial charge in [-0.05, 0) is 60.1 Å². The van der Waals surface area contributed by atoms with Gasteiger partial charge < -0.3 is 5.73 Å². The summed E-state index contributed by atoms with van der Waals surface area (Å²) in [5.74, 6) is 2.70. The van der Waals surface area contributed by atoms with E-state index in [0.717, 1.165) is 30.6 Å². The van der Waals surface area contributed by atoms with Gasteiger partial charge in [-0.2, -0.15) is 0 Å². The summed E-state index contributed by atoms with van der Waals surface area (Å²) < 4.78 is 0. The van der Waals surface area contributed by atoms with Crippen molar-refractivity contribution in [2.75, 3.05) is 0 Å². The highest BCUT2D eigenvalue weighted by Gasteiger charge is 2.55. The van der Waals surface area contributed by atoms with Crippen molar-refractivity contribution in [1.82, 2.24) is 0 Å². The Morgan fingerprint density at radius 1 is 1.11 bits per heavy atom. The Morgan fingerprint density at radius 2 is 1.78 bits per heavy atom. The van der Waals surface area contributed by atoms with Crippen LogP contribution in [0.5, 0.6) is 0 Å². The largest absolute Gasteiger partial charge is 0.324 e. The number of nitrogens with two attached hydrogens (primary N) is 1. The molecule has 3 atom stereocenters. The Hall–Kier alpha value is -0.820. The molecule has 1 heteroatoms. The first kappa shape index (κ1) is 12.2. The summed E-state index contributed by atoms with van der Waals surface area (Å²) in [6, 6.07) is 7.23. The van der Waals surface area contributed by atoms with E-state index < -0.39 is 0 Å². The monoisotopic (exact) mass is 243 g/mol. The zero-order valence-electron chi connectivity index (χ0n) is 11.7. The lowest BCUT2D eigenvalue weighted by molar-refractivity contribution is 0.501. The van der Waals surface area contributed by atoms with E-state index >= 15 is 0 Å². The van der Waals surface area contributed by atoms with E-state index in [4.69, 9.17) is 5.73 Å². The van der Waals surface area contributed by atoms with Crippen LogP contribution in [0.2, 0.25) is 0 Å². The van der Waals surface area contributed by atoms with Gasteiger partial charge in [0.25, 0.3) is 0 Å². The number of rotatable bonds is 4. The smallest absolute Gasteiger partial charge is 0.0329 e. The maximum Gasteiger partial charge on any atom is 0.0329 e. The van der Waals surface area contributed by atoms with Gasteiger partial charge in [0.05, 0.1) is 0 Å². The third-order valence-electron chi connectivity index (χ3n) is 5.26. The molecule has 2 aliphatic rings. The summed E-state index contributed by atoms with van der Waals surface area (Å²) >= 11 is 0. The Morgan fingerprint density at radius 3 is 2.39 bits per heavy atom. The number of fused-ring (bicyclic) bond motifs is 1. The predicted molar refractivity (Wildman–Crippen MR) is 76.4 cm³/mol. The highest BCUT2D eigenvalue weighted by atomic mass is 14.7. The molecule has 2 saturated carbocycles. The van der Waals surface area contributed by atoms with Crippen molar-refractivity contribution in [2.45, 2.75) is 52.0 Å². The Bertz CT molecular complexity index is 427. The Labute approximate surface area is 111 Å². The van der Waals surface area contributed by atoms with Gasteiger partial charge in [0, 0.05) is 6.04 Å². The number of benzene rings is 1. The van der Waals surface area contributed by atoms with Crippen molar-refractivity contribution in [1.29, 1.82) is 0 Å². The molecule has 2 N–H and O–H groups in total. The summed E-state index contributed by atoms with van der Waals surface area (Å²) in [5.41, 5.74) is 10.9. The molecule has 3 rings (SSSR count). The molecule has 0 aromatic heterocycles. The molecule has 1 aromatic rings. The lowest BCUT2D eigenvalue weighted by Crippen LogP contribution is -2.16. The van der Waals surface area contributed by atoms with Crippen LogP contribution in [0.15, 0.2) is 18.2 Å². The quantitative estimate of drug-likeness (QED) is 0.854. The first-order valence-electron chi connectivity index (χ1n) is 7.63. The minimum absolute atomic E-state index is 0.288. The third kappa shape index (κ3) is 1.89. The molecule has 0 spiro atoms. The van der Waals surface area contributed by atoms with Crippen molar-refractivity contribution >= 4 is 0 Å². The molecule has 1 aromatic carbocycles. The predicted octanol–water partition coefficient (Wildman–Crippen LogP) is 3.86. The van der Waals surface area contributed by atoms with Crippen LogP contribution < -0.4 is 5.73 Å². The lowest BCUT2D eigenvalue weighted by atomic mass is 9.93. The van der Waals surface area contributed by atoms with E-state index in [-0.39, 0.29) is 6.04 Å². The van der Waals surface area contributed by atoms with Gasteiger partial charge in [-0.15, -0.1) is 0 Å². The molecular weight excluding hydrogens is 218 g/mol. The van der Waals surface area contributed by atoms with E-state index in [2.05, 4.69) is 32.0 Å².